The van der Waals surface area contributed by atoms with Crippen molar-refractivity contribution >= 4 is 18.3 Å². The van der Waals surface area contributed by atoms with Gasteiger partial charge in [0.15, 0.2) is 0 Å². The summed E-state index contributed by atoms with van der Waals surface area (Å²) >= 11 is 4.42. The molecule has 4 heteroatoms. The maximum atomic E-state index is 5.37. The first kappa shape index (κ1) is 13.6. The van der Waals surface area contributed by atoms with Gasteiger partial charge in [0.2, 0.25) is 0 Å². The summed E-state index contributed by atoms with van der Waals surface area (Å²) in [6.07, 6.45) is 0. The van der Waals surface area contributed by atoms with Crippen LogP contribution in [0, 0.1) is 0 Å². The second-order valence-electron chi connectivity index (χ2n) is 4.01. The molecule has 0 aliphatic carbocycles. The average Bonchev–Trinajstić information content (AvgIpc) is 2.46. The monoisotopic (exact) mass is 275 g/mol. The molecular weight excluding hydrogens is 258 g/mol. The lowest BCUT2D eigenvalue weighted by molar-refractivity contribution is 0.386. The molecule has 0 aliphatic rings. The number of thiol groups is 1. The van der Waals surface area contributed by atoms with Crippen LogP contribution < -0.4 is 14.8 Å². The van der Waals surface area contributed by atoms with Crippen molar-refractivity contribution in [2.24, 2.45) is 0 Å². The summed E-state index contributed by atoms with van der Waals surface area (Å²) in [5, 5.41) is 3.34. The lowest BCUT2D eigenvalue weighted by atomic mass is 10.1. The summed E-state index contributed by atoms with van der Waals surface area (Å²) in [7, 11) is 3.32. The Hall–Kier alpha value is -1.81. The van der Waals surface area contributed by atoms with Gasteiger partial charge in [-0.05, 0) is 24.3 Å². The lowest BCUT2D eigenvalue weighted by Crippen LogP contribution is -2.04. The molecule has 0 spiro atoms. The SMILES string of the molecule is COc1cccc(OC)c1CNc1ccccc1S. The number of hydrogen-bond acceptors (Lipinski definition) is 4. The lowest BCUT2D eigenvalue weighted by Gasteiger charge is -2.15. The topological polar surface area (TPSA) is 30.5 Å². The van der Waals surface area contributed by atoms with Gasteiger partial charge in [-0.2, -0.15) is 0 Å². The first-order chi connectivity index (χ1) is 9.26. The van der Waals surface area contributed by atoms with Crippen molar-refractivity contribution in [3.63, 3.8) is 0 Å². The molecule has 2 rings (SSSR count). The van der Waals surface area contributed by atoms with Crippen molar-refractivity contribution in [2.75, 3.05) is 19.5 Å². The molecule has 0 heterocycles. The minimum Gasteiger partial charge on any atom is -0.496 e. The second-order valence-corrected chi connectivity index (χ2v) is 4.49. The smallest absolute Gasteiger partial charge is 0.127 e. The summed E-state index contributed by atoms with van der Waals surface area (Å²) < 4.78 is 10.7. The van der Waals surface area contributed by atoms with Crippen molar-refractivity contribution in [2.45, 2.75) is 11.4 Å². The molecule has 0 atom stereocenters. The van der Waals surface area contributed by atoms with Gasteiger partial charge in [0.25, 0.3) is 0 Å². The summed E-state index contributed by atoms with van der Waals surface area (Å²) in [6.45, 7) is 0.616. The Kier molecular flexibility index (Phi) is 4.58. The van der Waals surface area contributed by atoms with Gasteiger partial charge in [-0.15, -0.1) is 12.6 Å². The van der Waals surface area contributed by atoms with E-state index in [0.29, 0.717) is 6.54 Å². The van der Waals surface area contributed by atoms with Crippen molar-refractivity contribution in [1.29, 1.82) is 0 Å². The summed E-state index contributed by atoms with van der Waals surface area (Å²) in [6, 6.07) is 13.6. The Labute approximate surface area is 119 Å². The highest BCUT2D eigenvalue weighted by Crippen LogP contribution is 2.29. The Morgan fingerprint density at radius 3 is 2.16 bits per heavy atom. The van der Waals surface area contributed by atoms with Gasteiger partial charge in [-0.25, -0.2) is 0 Å². The van der Waals surface area contributed by atoms with E-state index in [1.165, 1.54) is 0 Å². The molecule has 0 fully saturated rings. The third-order valence-electron chi connectivity index (χ3n) is 2.89. The van der Waals surface area contributed by atoms with Crippen LogP contribution in [0.1, 0.15) is 5.56 Å². The van der Waals surface area contributed by atoms with Crippen LogP contribution >= 0.6 is 12.6 Å². The van der Waals surface area contributed by atoms with Gasteiger partial charge in [0.1, 0.15) is 11.5 Å². The van der Waals surface area contributed by atoms with Crippen LogP contribution in [0.2, 0.25) is 0 Å². The van der Waals surface area contributed by atoms with Gasteiger partial charge in [0, 0.05) is 17.1 Å². The predicted octanol–water partition coefficient (Wildman–Crippen LogP) is 3.60. The molecule has 2 aromatic carbocycles. The molecule has 1 N–H and O–H groups in total. The number of benzene rings is 2. The highest BCUT2D eigenvalue weighted by atomic mass is 32.1. The van der Waals surface area contributed by atoms with E-state index in [1.54, 1.807) is 14.2 Å². The standard InChI is InChI=1S/C15H17NO2S/c1-17-13-7-5-8-14(18-2)11(13)10-16-12-6-3-4-9-15(12)19/h3-9,16,19H,10H2,1-2H3. The second kappa shape index (κ2) is 6.38. The fraction of sp³-hybridized carbons (Fsp3) is 0.200. The normalized spacial score (nSPS) is 10.1. The van der Waals surface area contributed by atoms with Crippen LogP contribution in [-0.4, -0.2) is 14.2 Å². The molecule has 2 aromatic rings. The maximum Gasteiger partial charge on any atom is 0.127 e. The molecular formula is C15H17NO2S. The molecule has 0 saturated carbocycles. The van der Waals surface area contributed by atoms with Gasteiger partial charge in [-0.1, -0.05) is 18.2 Å². The van der Waals surface area contributed by atoms with Crippen molar-refractivity contribution in [3.8, 4) is 11.5 Å². The predicted molar refractivity (Wildman–Crippen MR) is 80.6 cm³/mol. The number of methoxy groups -OCH3 is 2. The molecule has 19 heavy (non-hydrogen) atoms. The average molecular weight is 275 g/mol. The Bertz CT molecular complexity index is 535. The molecule has 0 saturated heterocycles. The van der Waals surface area contributed by atoms with Crippen LogP contribution in [-0.2, 0) is 6.54 Å². The van der Waals surface area contributed by atoms with Crippen molar-refractivity contribution in [3.05, 3.63) is 48.0 Å². The minimum absolute atomic E-state index is 0.616. The molecule has 0 radical (unpaired) electrons. The van der Waals surface area contributed by atoms with E-state index in [2.05, 4.69) is 17.9 Å². The molecule has 100 valence electrons. The number of para-hydroxylation sites is 1. The van der Waals surface area contributed by atoms with Gasteiger partial charge in [0.05, 0.1) is 19.8 Å². The van der Waals surface area contributed by atoms with E-state index in [1.807, 2.05) is 42.5 Å². The van der Waals surface area contributed by atoms with Crippen molar-refractivity contribution < 1.29 is 9.47 Å². The largest absolute Gasteiger partial charge is 0.496 e. The number of rotatable bonds is 5. The summed E-state index contributed by atoms with van der Waals surface area (Å²) in [5.41, 5.74) is 1.97. The molecule has 3 nitrogen and oxygen atoms in total. The van der Waals surface area contributed by atoms with Crippen LogP contribution in [0.25, 0.3) is 0 Å². The van der Waals surface area contributed by atoms with E-state index < -0.39 is 0 Å². The van der Waals surface area contributed by atoms with Crippen LogP contribution in [0.5, 0.6) is 11.5 Å². The van der Waals surface area contributed by atoms with Gasteiger partial charge >= 0.3 is 0 Å². The number of ether oxygens (including phenoxy) is 2. The zero-order valence-electron chi connectivity index (χ0n) is 11.0. The van der Waals surface area contributed by atoms with Gasteiger partial charge < -0.3 is 14.8 Å². The van der Waals surface area contributed by atoms with Crippen LogP contribution in [0.4, 0.5) is 5.69 Å². The third kappa shape index (κ3) is 3.15. The minimum atomic E-state index is 0.616. The molecule has 0 unspecified atom stereocenters. The van der Waals surface area contributed by atoms with E-state index in [-0.39, 0.29) is 0 Å². The fourth-order valence-corrected chi connectivity index (χ4v) is 2.15. The number of nitrogens with one attached hydrogen (secondary N) is 1. The number of hydrogen-bond donors (Lipinski definition) is 2. The molecule has 0 bridgehead atoms. The van der Waals surface area contributed by atoms with Crippen molar-refractivity contribution in [1.82, 2.24) is 0 Å². The Morgan fingerprint density at radius 2 is 1.58 bits per heavy atom. The summed E-state index contributed by atoms with van der Waals surface area (Å²) in [5.74, 6) is 1.62. The fourth-order valence-electron chi connectivity index (χ4n) is 1.91. The quantitative estimate of drug-likeness (QED) is 0.817. The van der Waals surface area contributed by atoms with Crippen LogP contribution in [0.3, 0.4) is 0 Å². The zero-order chi connectivity index (χ0) is 13.7. The Balaban J connectivity index is 2.21. The maximum absolute atomic E-state index is 5.37. The number of anilines is 1. The first-order valence-corrected chi connectivity index (χ1v) is 6.42. The zero-order valence-corrected chi connectivity index (χ0v) is 11.9. The molecule has 0 aliphatic heterocycles. The molecule has 0 amide bonds. The van der Waals surface area contributed by atoms with Gasteiger partial charge in [-0.3, -0.25) is 0 Å². The van der Waals surface area contributed by atoms with Crippen LogP contribution in [0.15, 0.2) is 47.4 Å². The highest BCUT2D eigenvalue weighted by Gasteiger charge is 2.09. The Morgan fingerprint density at radius 1 is 0.947 bits per heavy atom. The highest BCUT2D eigenvalue weighted by molar-refractivity contribution is 7.80. The van der Waals surface area contributed by atoms with E-state index in [9.17, 15) is 0 Å². The van der Waals surface area contributed by atoms with E-state index in [4.69, 9.17) is 9.47 Å². The summed E-state index contributed by atoms with van der Waals surface area (Å²) in [4.78, 5) is 0.913. The third-order valence-corrected chi connectivity index (χ3v) is 3.28. The van der Waals surface area contributed by atoms with E-state index in [0.717, 1.165) is 27.6 Å². The van der Waals surface area contributed by atoms with E-state index >= 15 is 0 Å². The molecule has 0 aromatic heterocycles. The first-order valence-electron chi connectivity index (χ1n) is 5.98.